The van der Waals surface area contributed by atoms with E-state index >= 15 is 8.78 Å². The molecule has 0 saturated carbocycles. The molecule has 0 bridgehead atoms. The van der Waals surface area contributed by atoms with Crippen LogP contribution >= 0.6 is 0 Å². The first-order valence-corrected chi connectivity index (χ1v) is 11.1. The van der Waals surface area contributed by atoms with Crippen molar-refractivity contribution in [3.8, 4) is 0 Å². The topological polar surface area (TPSA) is 94.2 Å². The fourth-order valence-electron chi connectivity index (χ4n) is 3.03. The highest BCUT2D eigenvalue weighted by molar-refractivity contribution is 7.79. The number of hydrogen-bond donors (Lipinski definition) is 1. The van der Waals surface area contributed by atoms with Crippen LogP contribution in [0.5, 0.6) is 0 Å². The van der Waals surface area contributed by atoms with Crippen LogP contribution in [-0.4, -0.2) is 64.3 Å². The molecule has 2 atom stereocenters. The number of nitrogens with zero attached hydrogens (tertiary/aromatic N) is 1. The lowest BCUT2D eigenvalue weighted by atomic mass is 9.90. The van der Waals surface area contributed by atoms with E-state index in [1.165, 1.54) is 0 Å². The lowest BCUT2D eigenvalue weighted by Crippen LogP contribution is -2.64. The van der Waals surface area contributed by atoms with Gasteiger partial charge in [-0.1, -0.05) is 30.3 Å². The summed E-state index contributed by atoms with van der Waals surface area (Å²) in [4.78, 5) is 25.8. The van der Waals surface area contributed by atoms with E-state index in [1.54, 1.807) is 51.1 Å². The Morgan fingerprint density at radius 3 is 2.45 bits per heavy atom. The third kappa shape index (κ3) is 7.13. The number of amides is 2. The number of likely N-dealkylation sites (tertiary alicyclic amines) is 1. The van der Waals surface area contributed by atoms with E-state index in [1.807, 2.05) is 0 Å². The van der Waals surface area contributed by atoms with Crippen molar-refractivity contribution in [1.29, 1.82) is 0 Å². The van der Waals surface area contributed by atoms with E-state index in [2.05, 4.69) is 9.50 Å². The van der Waals surface area contributed by atoms with Crippen molar-refractivity contribution in [2.45, 2.75) is 50.9 Å². The molecule has 2 unspecified atom stereocenters. The van der Waals surface area contributed by atoms with Crippen LogP contribution in [0.1, 0.15) is 32.8 Å². The Hall–Kier alpha value is -2.27. The molecule has 0 spiro atoms. The number of nitrogens with one attached hydrogen (secondary N) is 1. The maximum atomic E-state index is 15.1. The van der Waals surface area contributed by atoms with Gasteiger partial charge >= 0.3 is 12.2 Å². The Bertz CT molecular complexity index is 803. The average molecular weight is 463 g/mol. The van der Waals surface area contributed by atoms with E-state index in [0.29, 0.717) is 5.56 Å². The van der Waals surface area contributed by atoms with Crippen molar-refractivity contribution in [3.05, 3.63) is 35.9 Å². The second-order valence-electron chi connectivity index (χ2n) is 8.29. The molecule has 0 aliphatic carbocycles. The van der Waals surface area contributed by atoms with Crippen LogP contribution in [0.2, 0.25) is 0 Å². The molecule has 11 heteroatoms. The minimum atomic E-state index is -3.64. The summed E-state index contributed by atoms with van der Waals surface area (Å²) < 4.78 is 56.4. The molecule has 1 aromatic carbocycles. The first-order valence-electron chi connectivity index (χ1n) is 9.65. The summed E-state index contributed by atoms with van der Waals surface area (Å²) in [6, 6.07) is 8.75. The minimum Gasteiger partial charge on any atom is -0.445 e. The molecule has 1 aliphatic heterocycles. The first-order chi connectivity index (χ1) is 14.3. The molecular weight excluding hydrogens is 434 g/mol. The van der Waals surface area contributed by atoms with Gasteiger partial charge in [0, 0.05) is 12.8 Å². The molecule has 1 aliphatic rings. The van der Waals surface area contributed by atoms with Crippen LogP contribution in [0.15, 0.2) is 30.3 Å². The number of halogens is 2. The summed E-state index contributed by atoms with van der Waals surface area (Å²) in [7, 11) is 0. The Morgan fingerprint density at radius 1 is 1.23 bits per heavy atom. The van der Waals surface area contributed by atoms with Gasteiger partial charge in [-0.15, -0.1) is 0 Å². The van der Waals surface area contributed by atoms with Gasteiger partial charge in [0.2, 0.25) is 0 Å². The van der Waals surface area contributed by atoms with Gasteiger partial charge in [0.15, 0.2) is 11.1 Å². The van der Waals surface area contributed by atoms with Crippen molar-refractivity contribution in [3.63, 3.8) is 0 Å². The van der Waals surface area contributed by atoms with Crippen LogP contribution in [-0.2, 0) is 31.3 Å². The van der Waals surface area contributed by atoms with Crippen molar-refractivity contribution >= 4 is 23.3 Å². The molecule has 0 aromatic heterocycles. The van der Waals surface area contributed by atoms with Crippen LogP contribution in [0.4, 0.5) is 18.4 Å². The molecule has 1 heterocycles. The quantitative estimate of drug-likeness (QED) is 0.669. The van der Waals surface area contributed by atoms with Crippen LogP contribution in [0.3, 0.4) is 0 Å². The maximum absolute atomic E-state index is 15.1. The fourth-order valence-corrected chi connectivity index (χ4v) is 3.35. The summed E-state index contributed by atoms with van der Waals surface area (Å²) in [5.74, 6) is -3.64. The van der Waals surface area contributed by atoms with Crippen molar-refractivity contribution in [2.24, 2.45) is 0 Å². The third-order valence-electron chi connectivity index (χ3n) is 4.58. The SMILES string of the molecule is CS(=O)OCC(F)(F)C1(NC(=O)OCc2ccccc2)CCN(C(=O)OC(C)(C)C)C1. The predicted molar refractivity (Wildman–Crippen MR) is 110 cm³/mol. The zero-order valence-electron chi connectivity index (χ0n) is 18.0. The van der Waals surface area contributed by atoms with E-state index in [4.69, 9.17) is 9.47 Å². The number of alkyl carbamates (subject to hydrolysis) is 1. The van der Waals surface area contributed by atoms with E-state index < -0.39 is 53.5 Å². The second kappa shape index (κ2) is 9.90. The zero-order chi connectivity index (χ0) is 23.3. The van der Waals surface area contributed by atoms with Crippen molar-refractivity contribution < 1.29 is 36.2 Å². The summed E-state index contributed by atoms with van der Waals surface area (Å²) in [6.45, 7) is 3.08. The molecule has 2 rings (SSSR count). The van der Waals surface area contributed by atoms with Gasteiger partial charge in [-0.2, -0.15) is 0 Å². The van der Waals surface area contributed by atoms with Gasteiger partial charge in [-0.25, -0.2) is 22.6 Å². The Labute approximate surface area is 182 Å². The number of benzene rings is 1. The standard InChI is InChI=1S/C20H28F2N2O6S/c1-18(2,3)30-17(26)24-11-10-19(13-24,20(21,22)14-29-31(4)27)23-16(25)28-12-15-8-6-5-7-9-15/h5-9H,10-14H2,1-4H3,(H,23,25). The molecule has 31 heavy (non-hydrogen) atoms. The summed E-state index contributed by atoms with van der Waals surface area (Å²) in [5, 5.41) is 2.23. The van der Waals surface area contributed by atoms with Crippen LogP contribution in [0, 0.1) is 0 Å². The molecule has 1 N–H and O–H groups in total. The number of rotatable bonds is 7. The highest BCUT2D eigenvalue weighted by Crippen LogP contribution is 2.38. The van der Waals surface area contributed by atoms with Gasteiger partial charge in [-0.3, -0.25) is 4.18 Å². The largest absolute Gasteiger partial charge is 0.445 e. The molecule has 1 saturated heterocycles. The average Bonchev–Trinajstić information content (AvgIpc) is 3.10. The Balaban J connectivity index is 2.15. The maximum Gasteiger partial charge on any atom is 0.410 e. The molecule has 2 amide bonds. The van der Waals surface area contributed by atoms with Gasteiger partial charge in [-0.05, 0) is 32.8 Å². The fraction of sp³-hybridized carbons (Fsp3) is 0.600. The normalized spacial score (nSPS) is 20.3. The Kier molecular flexibility index (Phi) is 7.98. The van der Waals surface area contributed by atoms with Crippen LogP contribution in [0.25, 0.3) is 0 Å². The number of carbonyl (C=O) groups excluding carboxylic acids is 2. The van der Waals surface area contributed by atoms with Gasteiger partial charge in [0.25, 0.3) is 5.92 Å². The van der Waals surface area contributed by atoms with Gasteiger partial charge in [0.05, 0.1) is 6.54 Å². The summed E-state index contributed by atoms with van der Waals surface area (Å²) in [6.07, 6.45) is -0.984. The number of ether oxygens (including phenoxy) is 2. The number of hydrogen-bond acceptors (Lipinski definition) is 6. The van der Waals surface area contributed by atoms with Gasteiger partial charge in [0.1, 0.15) is 24.4 Å². The Morgan fingerprint density at radius 2 is 1.87 bits per heavy atom. The second-order valence-corrected chi connectivity index (χ2v) is 9.33. The summed E-state index contributed by atoms with van der Waals surface area (Å²) in [5.41, 5.74) is -2.29. The first kappa shape index (κ1) is 25.0. The van der Waals surface area contributed by atoms with Crippen molar-refractivity contribution in [2.75, 3.05) is 26.0 Å². The highest BCUT2D eigenvalue weighted by Gasteiger charge is 2.59. The van der Waals surface area contributed by atoms with E-state index in [0.717, 1.165) is 11.2 Å². The molecule has 1 aromatic rings. The monoisotopic (exact) mass is 462 g/mol. The number of alkyl halides is 2. The number of carbonyl (C=O) groups is 2. The smallest absolute Gasteiger partial charge is 0.410 e. The molecule has 8 nitrogen and oxygen atoms in total. The lowest BCUT2D eigenvalue weighted by Gasteiger charge is -2.37. The highest BCUT2D eigenvalue weighted by atomic mass is 32.2. The van der Waals surface area contributed by atoms with E-state index in [-0.39, 0.29) is 19.6 Å². The van der Waals surface area contributed by atoms with E-state index in [9.17, 15) is 13.8 Å². The van der Waals surface area contributed by atoms with Crippen LogP contribution < -0.4 is 5.32 Å². The zero-order valence-corrected chi connectivity index (χ0v) is 18.8. The molecule has 0 radical (unpaired) electrons. The minimum absolute atomic E-state index is 0.0708. The molecular formula is C20H28F2N2O6S. The molecule has 1 fully saturated rings. The third-order valence-corrected chi connectivity index (χ3v) is 5.03. The summed E-state index contributed by atoms with van der Waals surface area (Å²) >= 11 is -1.93. The molecule has 174 valence electrons. The van der Waals surface area contributed by atoms with Gasteiger partial charge < -0.3 is 19.7 Å². The van der Waals surface area contributed by atoms with Crippen molar-refractivity contribution in [1.82, 2.24) is 10.2 Å². The lowest BCUT2D eigenvalue weighted by molar-refractivity contribution is -0.109. The predicted octanol–water partition coefficient (Wildman–Crippen LogP) is 3.24.